The summed E-state index contributed by atoms with van der Waals surface area (Å²) in [4.78, 5) is 25.1. The van der Waals surface area contributed by atoms with E-state index in [1.165, 1.54) is 11.0 Å². The van der Waals surface area contributed by atoms with Gasteiger partial charge in [0.1, 0.15) is 5.82 Å². The lowest BCUT2D eigenvalue weighted by atomic mass is 9.86. The summed E-state index contributed by atoms with van der Waals surface area (Å²) in [6, 6.07) is 3.02. The first kappa shape index (κ1) is 13.1. The number of esters is 1. The van der Waals surface area contributed by atoms with E-state index < -0.39 is 18.1 Å². The molecule has 0 saturated carbocycles. The second-order valence-corrected chi connectivity index (χ2v) is 5.79. The Morgan fingerprint density at radius 3 is 2.70 bits per heavy atom. The Morgan fingerprint density at radius 2 is 2.05 bits per heavy atom. The first-order valence-corrected chi connectivity index (χ1v) is 6.72. The standard InChI is InChI=1S/C15H16FNO3/c1-7(2)12-6-9-5-11(16)8(3)4-10(9)14-17(12)13(18)15(19)20-14/h4-5,7,12,14H,6H2,1-3H3. The molecule has 1 aromatic rings. The number of carbonyl (C=O) groups excluding carboxylic acids is 2. The van der Waals surface area contributed by atoms with Gasteiger partial charge in [0, 0.05) is 11.6 Å². The van der Waals surface area contributed by atoms with Gasteiger partial charge in [-0.2, -0.15) is 0 Å². The van der Waals surface area contributed by atoms with E-state index in [0.29, 0.717) is 12.0 Å². The molecule has 3 rings (SSSR count). The Balaban J connectivity index is 2.14. The van der Waals surface area contributed by atoms with E-state index in [9.17, 15) is 14.0 Å². The summed E-state index contributed by atoms with van der Waals surface area (Å²) in [5.74, 6) is -1.53. The van der Waals surface area contributed by atoms with Crippen molar-refractivity contribution in [1.82, 2.24) is 4.90 Å². The molecule has 1 fully saturated rings. The monoisotopic (exact) mass is 277 g/mol. The van der Waals surface area contributed by atoms with E-state index in [-0.39, 0.29) is 17.8 Å². The van der Waals surface area contributed by atoms with Crippen molar-refractivity contribution in [3.63, 3.8) is 0 Å². The number of aryl methyl sites for hydroxylation is 1. The van der Waals surface area contributed by atoms with E-state index in [0.717, 1.165) is 11.1 Å². The lowest BCUT2D eigenvalue weighted by molar-refractivity contribution is -0.149. The second kappa shape index (κ2) is 4.30. The van der Waals surface area contributed by atoms with Crippen LogP contribution in [0.2, 0.25) is 0 Å². The molecule has 2 atom stereocenters. The van der Waals surface area contributed by atoms with Crippen molar-refractivity contribution in [2.45, 2.75) is 39.5 Å². The molecule has 2 heterocycles. The lowest BCUT2D eigenvalue weighted by Gasteiger charge is -2.39. The largest absolute Gasteiger partial charge is 0.430 e. The molecule has 1 saturated heterocycles. The number of hydrogen-bond acceptors (Lipinski definition) is 3. The fraction of sp³-hybridized carbons (Fsp3) is 0.467. The molecule has 106 valence electrons. The fourth-order valence-electron chi connectivity index (χ4n) is 2.99. The van der Waals surface area contributed by atoms with Crippen LogP contribution in [0.4, 0.5) is 4.39 Å². The summed E-state index contributed by atoms with van der Waals surface area (Å²) in [6.07, 6.45) is -0.159. The number of halogens is 1. The van der Waals surface area contributed by atoms with Gasteiger partial charge in [-0.05, 0) is 42.5 Å². The Bertz CT molecular complexity index is 611. The predicted octanol–water partition coefficient (Wildman–Crippen LogP) is 2.10. The van der Waals surface area contributed by atoms with E-state index in [4.69, 9.17) is 4.74 Å². The van der Waals surface area contributed by atoms with Gasteiger partial charge in [-0.25, -0.2) is 9.18 Å². The minimum atomic E-state index is -0.824. The predicted molar refractivity (Wildman–Crippen MR) is 69.1 cm³/mol. The Hall–Kier alpha value is -1.91. The number of nitrogens with zero attached hydrogens (tertiary/aromatic N) is 1. The molecule has 0 aliphatic carbocycles. The highest BCUT2D eigenvalue weighted by Crippen LogP contribution is 2.40. The number of benzene rings is 1. The summed E-state index contributed by atoms with van der Waals surface area (Å²) in [5.41, 5.74) is 2.03. The van der Waals surface area contributed by atoms with Crippen molar-refractivity contribution in [1.29, 1.82) is 0 Å². The van der Waals surface area contributed by atoms with Gasteiger partial charge in [0.2, 0.25) is 6.23 Å². The molecule has 0 bridgehead atoms. The van der Waals surface area contributed by atoms with E-state index in [1.807, 2.05) is 13.8 Å². The minimum absolute atomic E-state index is 0.145. The molecule has 0 radical (unpaired) electrons. The normalized spacial score (nSPS) is 24.8. The second-order valence-electron chi connectivity index (χ2n) is 5.79. The average Bonchev–Trinajstić information content (AvgIpc) is 2.67. The van der Waals surface area contributed by atoms with Crippen LogP contribution >= 0.6 is 0 Å². The van der Waals surface area contributed by atoms with Crippen LogP contribution in [0.5, 0.6) is 0 Å². The van der Waals surface area contributed by atoms with E-state index >= 15 is 0 Å². The van der Waals surface area contributed by atoms with Gasteiger partial charge in [-0.1, -0.05) is 13.8 Å². The zero-order valence-electron chi connectivity index (χ0n) is 11.6. The van der Waals surface area contributed by atoms with Crippen LogP contribution in [0.25, 0.3) is 0 Å². The summed E-state index contributed by atoms with van der Waals surface area (Å²) >= 11 is 0. The van der Waals surface area contributed by atoms with E-state index in [1.54, 1.807) is 13.0 Å². The maximum absolute atomic E-state index is 13.7. The molecule has 2 aliphatic rings. The number of rotatable bonds is 1. The highest BCUT2D eigenvalue weighted by atomic mass is 19.1. The van der Waals surface area contributed by atoms with Crippen molar-refractivity contribution in [2.24, 2.45) is 5.92 Å². The number of hydrogen-bond donors (Lipinski definition) is 0. The summed E-state index contributed by atoms with van der Waals surface area (Å²) in [6.45, 7) is 5.62. The third-order valence-electron chi connectivity index (χ3n) is 4.12. The number of carbonyl (C=O) groups is 2. The zero-order valence-corrected chi connectivity index (χ0v) is 11.6. The Morgan fingerprint density at radius 1 is 1.35 bits per heavy atom. The molecule has 1 aromatic carbocycles. The van der Waals surface area contributed by atoms with Crippen LogP contribution in [-0.2, 0) is 20.7 Å². The molecule has 5 heteroatoms. The minimum Gasteiger partial charge on any atom is -0.430 e. The molecular formula is C15H16FNO3. The Kier molecular flexibility index (Phi) is 2.81. The average molecular weight is 277 g/mol. The number of ether oxygens (including phenoxy) is 1. The molecule has 1 amide bonds. The molecule has 0 N–H and O–H groups in total. The van der Waals surface area contributed by atoms with Gasteiger partial charge in [-0.15, -0.1) is 0 Å². The van der Waals surface area contributed by atoms with Crippen LogP contribution in [0.1, 0.15) is 36.8 Å². The summed E-state index contributed by atoms with van der Waals surface area (Å²) in [5, 5.41) is 0. The number of fused-ring (bicyclic) bond motifs is 3. The summed E-state index contributed by atoms with van der Waals surface area (Å²) in [7, 11) is 0. The maximum Gasteiger partial charge on any atom is 0.399 e. The van der Waals surface area contributed by atoms with Crippen molar-refractivity contribution in [3.05, 3.63) is 34.6 Å². The van der Waals surface area contributed by atoms with Gasteiger partial charge >= 0.3 is 11.9 Å². The molecule has 20 heavy (non-hydrogen) atoms. The molecule has 2 aliphatic heterocycles. The third-order valence-corrected chi connectivity index (χ3v) is 4.12. The molecule has 0 spiro atoms. The fourth-order valence-corrected chi connectivity index (χ4v) is 2.99. The highest BCUT2D eigenvalue weighted by molar-refractivity contribution is 6.34. The van der Waals surface area contributed by atoms with Gasteiger partial charge in [-0.3, -0.25) is 9.69 Å². The molecule has 4 nitrogen and oxygen atoms in total. The van der Waals surface area contributed by atoms with Crippen molar-refractivity contribution in [3.8, 4) is 0 Å². The van der Waals surface area contributed by atoms with Crippen LogP contribution < -0.4 is 0 Å². The van der Waals surface area contributed by atoms with Gasteiger partial charge in [0.15, 0.2) is 0 Å². The van der Waals surface area contributed by atoms with Gasteiger partial charge < -0.3 is 4.74 Å². The smallest absolute Gasteiger partial charge is 0.399 e. The quantitative estimate of drug-likeness (QED) is 0.583. The van der Waals surface area contributed by atoms with Gasteiger partial charge in [0.05, 0.1) is 0 Å². The first-order chi connectivity index (χ1) is 9.40. The van der Waals surface area contributed by atoms with Gasteiger partial charge in [0.25, 0.3) is 0 Å². The first-order valence-electron chi connectivity index (χ1n) is 6.72. The topological polar surface area (TPSA) is 46.6 Å². The molecule has 2 unspecified atom stereocenters. The third kappa shape index (κ3) is 1.72. The maximum atomic E-state index is 13.7. The van der Waals surface area contributed by atoms with Crippen molar-refractivity contribution < 1.29 is 18.7 Å². The molecule has 0 aromatic heterocycles. The van der Waals surface area contributed by atoms with Crippen LogP contribution in [-0.4, -0.2) is 22.8 Å². The van der Waals surface area contributed by atoms with E-state index in [2.05, 4.69) is 0 Å². The molecular weight excluding hydrogens is 261 g/mol. The van der Waals surface area contributed by atoms with Crippen LogP contribution in [0.3, 0.4) is 0 Å². The zero-order chi connectivity index (χ0) is 14.6. The number of amides is 1. The van der Waals surface area contributed by atoms with Crippen LogP contribution in [0, 0.1) is 18.7 Å². The van der Waals surface area contributed by atoms with Crippen molar-refractivity contribution >= 4 is 11.9 Å². The lowest BCUT2D eigenvalue weighted by Crippen LogP contribution is -2.46. The highest BCUT2D eigenvalue weighted by Gasteiger charge is 2.49. The van der Waals surface area contributed by atoms with Crippen LogP contribution in [0.15, 0.2) is 12.1 Å². The SMILES string of the molecule is Cc1cc2c(cc1F)CC(C(C)C)N1C(=O)C(=O)OC21. The Labute approximate surface area is 116 Å². The van der Waals surface area contributed by atoms with Crippen molar-refractivity contribution in [2.75, 3.05) is 0 Å². The summed E-state index contributed by atoms with van der Waals surface area (Å²) < 4.78 is 18.9.